The van der Waals surface area contributed by atoms with Crippen molar-refractivity contribution in [3.8, 4) is 6.07 Å². The molecular weight excluding hydrogens is 468 g/mol. The van der Waals surface area contributed by atoms with Crippen molar-refractivity contribution in [2.45, 2.75) is 52.7 Å². The van der Waals surface area contributed by atoms with E-state index < -0.39 is 23.4 Å². The van der Waals surface area contributed by atoms with E-state index in [9.17, 15) is 9.59 Å². The number of hydrogen-bond acceptors (Lipinski definition) is 11. The van der Waals surface area contributed by atoms with Gasteiger partial charge in [-0.3, -0.25) is 27.3 Å². The first-order valence-electron chi connectivity index (χ1n) is 39.4. The van der Waals surface area contributed by atoms with Crippen LogP contribution in [-0.2, 0) is 9.47 Å². The maximum atomic E-state index is 11.5. The molecule has 0 saturated heterocycles. The van der Waals surface area contributed by atoms with Crippen molar-refractivity contribution in [1.82, 2.24) is 9.97 Å². The van der Waals surface area contributed by atoms with Gasteiger partial charge in [-0.1, -0.05) is 0 Å². The summed E-state index contributed by atoms with van der Waals surface area (Å²) < 4.78 is 300. The summed E-state index contributed by atoms with van der Waals surface area (Å²) in [6.45, 7) is 10.7. The van der Waals surface area contributed by atoms with Crippen LogP contribution < -0.4 is 33.9 Å². The van der Waals surface area contributed by atoms with Crippen molar-refractivity contribution in [1.29, 1.82) is 5.26 Å². The van der Waals surface area contributed by atoms with E-state index in [-0.39, 0.29) is 7.26 Å². The van der Waals surface area contributed by atoms with E-state index in [1.165, 1.54) is 18.5 Å². The molecule has 2 heterocycles. The summed E-state index contributed by atoms with van der Waals surface area (Å²) >= 11 is 0. The quantitative estimate of drug-likeness (QED) is 0.0770. The van der Waals surface area contributed by atoms with Crippen molar-refractivity contribution in [2.24, 2.45) is 28.4 Å². The highest BCUT2D eigenvalue weighted by Gasteiger charge is 2.17. The highest BCUT2D eigenvalue weighted by molar-refractivity contribution is 5.95. The average molecular weight is 682 g/mol. The number of aromatic nitrogens is 2. The summed E-state index contributed by atoms with van der Waals surface area (Å²) in [6.07, 6.45) is 1.76. The van der Waals surface area contributed by atoms with Gasteiger partial charge in [-0.15, -0.1) is 0 Å². The monoisotopic (exact) mass is 681 g/mol. The largest absolute Gasteiger partial charge is 0.444 e. The molecule has 0 radical (unpaired) electrons. The minimum Gasteiger partial charge on any atom is -0.444 e. The number of anilines is 2. The van der Waals surface area contributed by atoms with Crippen LogP contribution in [-0.4, -0.2) is 39.2 Å². The number of nitrogens with two attached hydrogens (primary N) is 4. The van der Waals surface area contributed by atoms with E-state index in [1.807, 2.05) is 6.07 Å². The number of carbonyl (C=O) groups excluding carboxylic acids is 2. The fourth-order valence-corrected chi connectivity index (χ4v) is 2.06. The zero-order chi connectivity index (χ0) is 85.9. The number of rotatable bonds is 3. The molecular formula is C22H94N10O4. The number of amidine groups is 1. The molecule has 0 fully saturated rings. The van der Waals surface area contributed by atoms with E-state index in [0.717, 1.165) is 0 Å². The Balaban J connectivity index is -0.0000000167. The number of hydrazone groups is 1. The van der Waals surface area contributed by atoms with Gasteiger partial charge in [0.25, 0.3) is 0 Å². The number of nitriles is 1. The Morgan fingerprint density at radius 3 is 1.69 bits per heavy atom. The van der Waals surface area contributed by atoms with Gasteiger partial charge in [-0.25, -0.2) is 14.6 Å². The fraction of sp³-hybridized carbons (Fsp3) is 0.364. The fourth-order valence-electron chi connectivity index (χ4n) is 2.06. The van der Waals surface area contributed by atoms with Gasteiger partial charge in [0.05, 0.1) is 23.8 Å². The number of ether oxygens (including phenoxy) is 2. The van der Waals surface area contributed by atoms with E-state index in [0.29, 0.717) is 22.8 Å². The molecule has 0 atom stereocenters. The first-order chi connectivity index (χ1) is 45.7. The summed E-state index contributed by atoms with van der Waals surface area (Å²) in [5, 5.41) is 16.9. The van der Waals surface area contributed by atoms with E-state index >= 15 is 0 Å². The molecule has 2 rings (SSSR count). The molecule has 0 spiro atoms. The van der Waals surface area contributed by atoms with Crippen LogP contribution >= 0.6 is 0 Å². The minimum atomic E-state index is -0.548. The molecule has 2 aromatic rings. The second kappa shape index (κ2) is 14.7. The van der Waals surface area contributed by atoms with E-state index in [4.69, 9.17) is 112 Å². The van der Waals surface area contributed by atoms with Gasteiger partial charge in [0, 0.05) is 87.5 Å². The number of nitrogens with one attached hydrogen (secondary N) is 2. The van der Waals surface area contributed by atoms with Gasteiger partial charge in [-0.05, 0) is 65.8 Å². The molecule has 14 heteroatoms. The summed E-state index contributed by atoms with van der Waals surface area (Å²) in [4.78, 5) is 30.6. The third-order valence-corrected chi connectivity index (χ3v) is 3.33. The van der Waals surface area contributed by atoms with Crippen molar-refractivity contribution in [3.63, 3.8) is 0 Å². The number of pyridine rings is 2. The third-order valence-electron chi connectivity index (χ3n) is 3.33. The molecule has 10 N–H and O–H groups in total. The van der Waals surface area contributed by atoms with Crippen LogP contribution in [0, 0.1) is 11.3 Å². The SMILES string of the molecule is CC(C)(C)OC(=O)Nc1ccc(/C(N)=N/N)nc1.CC(C)(C)OC(=O)Nc1ccc(C#N)nc1.NN.[3HH].[3H][3H].[3H][3H].[3H][3H].[3H][3H].[3H][3H].[3H][3H].[3H][3H].[3H][3H].[3H][3H].[3H][3H].[3H][3H].[3H][3H].[3H][3H].[3H][3H].[3H][3H].[3H][3H].[3H][3H].[3H][3H].[3H][3H].[3H][3H].[3H][3H].[3H][3H].[3H][3H].[3H][3H].[3H][3H].[3H][3H].[3H][3H].[3H][3H].[3H][3H]. The lowest BCUT2D eigenvalue weighted by molar-refractivity contribution is 0.0624. The molecule has 2 amide bonds. The molecule has 14 nitrogen and oxygen atoms in total. The van der Waals surface area contributed by atoms with E-state index in [1.54, 1.807) is 59.7 Å². The molecule has 0 bridgehead atoms. The molecule has 0 aromatic carbocycles. The molecule has 0 saturated carbocycles. The van der Waals surface area contributed by atoms with Crippen LogP contribution in [0.5, 0.6) is 0 Å². The Bertz CT molecular complexity index is 1130. The molecule has 0 aliphatic carbocycles. The highest BCUT2D eigenvalue weighted by Crippen LogP contribution is 2.12. The third kappa shape index (κ3) is 13.9. The minimum absolute atomic E-state index is 0. The summed E-state index contributed by atoms with van der Waals surface area (Å²) in [7, 11) is 0. The smallest absolute Gasteiger partial charge is 0.412 e. The normalized spacial score (nSPS) is 17.2. The first kappa shape index (κ1) is 8.29. The second-order valence-electron chi connectivity index (χ2n) is 8.74. The highest BCUT2D eigenvalue weighted by atomic mass is 16.6. The zero-order valence-corrected chi connectivity index (χ0v) is 21.2. The maximum Gasteiger partial charge on any atom is 0.412 e. The van der Waals surface area contributed by atoms with Gasteiger partial charge in [0.2, 0.25) is 0 Å². The molecule has 256 valence electrons. The van der Waals surface area contributed by atoms with Crippen LogP contribution in [0.4, 0.5) is 21.0 Å². The molecule has 0 aliphatic heterocycles. The lowest BCUT2D eigenvalue weighted by Crippen LogP contribution is -2.27. The summed E-state index contributed by atoms with van der Waals surface area (Å²) in [5.41, 5.74) is 6.12. The van der Waals surface area contributed by atoms with Crippen molar-refractivity contribution < 1.29 is 107 Å². The number of hydrogen-bond donors (Lipinski definition) is 6. The van der Waals surface area contributed by atoms with Crippen LogP contribution in [0.3, 0.4) is 0 Å². The Labute approximate surface area is 301 Å². The standard InChI is InChI=1S/C11H17N5O2.C11H13N3O2.H4N2.30H2/c1-11(2,3)18-10(17)15-7-4-5-8(14-6-7)9(12)16-13;1-11(2,3)16-10(15)14-9-5-4-8(6-12)13-7-9;1-2;;;;;;;;;;;;;;;;;;;;;;;;;;;;;;/h4-6H,13H2,1-3H3,(H2,12,16)(H,15,17);4-5,7H,1-3H3,(H,14,15);1-2H2;30*1H/i;;;29*1+2T;1+2. The van der Waals surface area contributed by atoms with E-state index in [2.05, 4.69) is 37.4 Å². The Morgan fingerprint density at radius 1 is 0.944 bits per heavy atom. The van der Waals surface area contributed by atoms with Crippen molar-refractivity contribution in [3.05, 3.63) is 48.0 Å². The Hall–Kier alpha value is -4.48. The van der Waals surface area contributed by atoms with Gasteiger partial charge >= 0.3 is 12.2 Å². The molecule has 0 aliphatic rings. The predicted molar refractivity (Wildman–Crippen MR) is 200 cm³/mol. The zero-order valence-electron chi connectivity index (χ0n) is 79.2. The van der Waals surface area contributed by atoms with Gasteiger partial charge in [0.15, 0.2) is 5.84 Å². The van der Waals surface area contributed by atoms with Crippen molar-refractivity contribution in [2.75, 3.05) is 10.6 Å². The average Bonchev–Trinajstić information content (AvgIpc) is 3.89. The second-order valence-corrected chi connectivity index (χ2v) is 8.74. The maximum absolute atomic E-state index is 11.5. The molecule has 2 aromatic heterocycles. The van der Waals surface area contributed by atoms with Gasteiger partial charge < -0.3 is 21.1 Å². The van der Waals surface area contributed by atoms with Gasteiger partial charge in [0.1, 0.15) is 28.7 Å². The Morgan fingerprint density at radius 2 is 1.39 bits per heavy atom. The lowest BCUT2D eigenvalue weighted by Gasteiger charge is -2.19. The number of amides is 2. The van der Waals surface area contributed by atoms with Crippen molar-refractivity contribution >= 4 is 29.4 Å². The van der Waals surface area contributed by atoms with Crippen LogP contribution in [0.25, 0.3) is 0 Å². The molecule has 0 unspecified atom stereocenters. The van der Waals surface area contributed by atoms with Gasteiger partial charge in [-0.2, -0.15) is 10.4 Å². The lowest BCUT2D eigenvalue weighted by atomic mass is 10.2. The first-order valence-corrected chi connectivity index (χ1v) is 10.4. The Kier molecular flexibility index (Phi) is 3.39. The van der Waals surface area contributed by atoms with Crippen LogP contribution in [0.15, 0.2) is 41.8 Å². The van der Waals surface area contributed by atoms with Crippen LogP contribution in [0.1, 0.15) is 140 Å². The topological polar surface area (TPSA) is 243 Å². The predicted octanol–water partition coefficient (Wildman–Crippen LogP) is 9.51. The molecule has 36 heavy (non-hydrogen) atoms. The number of nitrogens with zero attached hydrogens (tertiary/aromatic N) is 4. The number of carbonyl (C=O) groups is 2. The van der Waals surface area contributed by atoms with Crippen LogP contribution in [0.2, 0.25) is 0 Å². The number of hydrazine groups is 1. The summed E-state index contributed by atoms with van der Waals surface area (Å²) in [5.74, 6) is 13.1. The summed E-state index contributed by atoms with van der Waals surface area (Å²) in [6, 6.07) is 8.23.